The van der Waals surface area contributed by atoms with Gasteiger partial charge in [0.25, 0.3) is 0 Å². The summed E-state index contributed by atoms with van der Waals surface area (Å²) in [5.41, 5.74) is 0.777. The Labute approximate surface area is 101 Å². The van der Waals surface area contributed by atoms with Gasteiger partial charge >= 0.3 is 5.97 Å². The molecule has 0 aliphatic carbocycles. The average Bonchev–Trinajstić information content (AvgIpc) is 2.33. The van der Waals surface area contributed by atoms with Crippen LogP contribution in [0, 0.1) is 0 Å². The lowest BCUT2D eigenvalue weighted by Gasteiger charge is -2.16. The Balaban J connectivity index is 2.96. The number of hydrogen-bond acceptors (Lipinski definition) is 3. The highest BCUT2D eigenvalue weighted by atomic mass is 16.5. The summed E-state index contributed by atoms with van der Waals surface area (Å²) >= 11 is 0. The van der Waals surface area contributed by atoms with Crippen molar-refractivity contribution >= 4 is 5.97 Å². The van der Waals surface area contributed by atoms with E-state index in [1.54, 1.807) is 12.2 Å². The van der Waals surface area contributed by atoms with Crippen LogP contribution in [0.5, 0.6) is 5.75 Å². The van der Waals surface area contributed by atoms with Crippen LogP contribution in [-0.2, 0) is 9.53 Å². The molecule has 0 N–H and O–H groups in total. The van der Waals surface area contributed by atoms with E-state index in [-0.39, 0.29) is 5.97 Å². The number of para-hydroxylation sites is 1. The molecule has 0 aliphatic rings. The number of esters is 1. The molecule has 0 heterocycles. The Hall–Kier alpha value is -2.03. The van der Waals surface area contributed by atoms with Gasteiger partial charge in [-0.2, -0.15) is 0 Å². The molecule has 1 aromatic carbocycles. The number of carbonyl (C=O) groups is 1. The molecule has 0 saturated heterocycles. The van der Waals surface area contributed by atoms with E-state index in [1.807, 2.05) is 24.3 Å². The molecule has 0 radical (unpaired) electrons. The van der Waals surface area contributed by atoms with Gasteiger partial charge in [-0.3, -0.25) is 4.79 Å². The van der Waals surface area contributed by atoms with Gasteiger partial charge in [0.1, 0.15) is 18.5 Å². The summed E-state index contributed by atoms with van der Waals surface area (Å²) in [5, 5.41) is 0. The third kappa shape index (κ3) is 3.79. The lowest BCUT2D eigenvalue weighted by atomic mass is 10.1. The van der Waals surface area contributed by atoms with Gasteiger partial charge in [-0.25, -0.2) is 0 Å². The molecule has 1 atom stereocenters. The summed E-state index contributed by atoms with van der Waals surface area (Å²) in [4.78, 5) is 11.0. The van der Waals surface area contributed by atoms with Crippen molar-refractivity contribution in [2.45, 2.75) is 13.0 Å². The van der Waals surface area contributed by atoms with E-state index in [2.05, 4.69) is 13.2 Å². The van der Waals surface area contributed by atoms with Crippen molar-refractivity contribution in [2.75, 3.05) is 6.61 Å². The van der Waals surface area contributed by atoms with E-state index in [9.17, 15) is 4.79 Å². The molecule has 1 rings (SSSR count). The summed E-state index contributed by atoms with van der Waals surface area (Å²) < 4.78 is 10.6. The van der Waals surface area contributed by atoms with E-state index in [0.29, 0.717) is 12.4 Å². The zero-order valence-corrected chi connectivity index (χ0v) is 9.89. The number of ether oxygens (including phenoxy) is 2. The van der Waals surface area contributed by atoms with Crippen molar-refractivity contribution < 1.29 is 14.3 Å². The second-order valence-electron chi connectivity index (χ2n) is 3.40. The molecular weight excluding hydrogens is 216 g/mol. The van der Waals surface area contributed by atoms with Crippen LogP contribution in [0.4, 0.5) is 0 Å². The maximum absolute atomic E-state index is 11.0. The third-order valence-electron chi connectivity index (χ3n) is 2.09. The summed E-state index contributed by atoms with van der Waals surface area (Å²) in [6.07, 6.45) is 2.73. The first-order chi connectivity index (χ1) is 8.19. The molecule has 17 heavy (non-hydrogen) atoms. The standard InChI is InChI=1S/C14H16O3/c1-4-10-16-14-9-7-6-8-12(14)13(5-2)17-11(3)15/h4-9,13H,1-2,10H2,3H3. The zero-order valence-electron chi connectivity index (χ0n) is 9.89. The molecular formula is C14H16O3. The van der Waals surface area contributed by atoms with Crippen molar-refractivity contribution in [3.8, 4) is 5.75 Å². The fraction of sp³-hybridized carbons (Fsp3) is 0.214. The lowest BCUT2D eigenvalue weighted by molar-refractivity contribution is -0.144. The average molecular weight is 232 g/mol. The molecule has 1 aromatic rings. The summed E-state index contributed by atoms with van der Waals surface area (Å²) in [6, 6.07) is 7.37. The Bertz CT molecular complexity index is 410. The van der Waals surface area contributed by atoms with Crippen LogP contribution in [0.1, 0.15) is 18.6 Å². The van der Waals surface area contributed by atoms with Crippen LogP contribution in [0.25, 0.3) is 0 Å². The number of hydrogen-bond donors (Lipinski definition) is 0. The van der Waals surface area contributed by atoms with Gasteiger partial charge in [-0.05, 0) is 12.1 Å². The Morgan fingerprint density at radius 3 is 2.71 bits per heavy atom. The maximum atomic E-state index is 11.0. The van der Waals surface area contributed by atoms with Crippen LogP contribution >= 0.6 is 0 Å². The topological polar surface area (TPSA) is 35.5 Å². The number of carbonyl (C=O) groups excluding carboxylic acids is 1. The van der Waals surface area contributed by atoms with Crippen LogP contribution in [0.2, 0.25) is 0 Å². The van der Waals surface area contributed by atoms with Gasteiger partial charge in [0, 0.05) is 12.5 Å². The van der Waals surface area contributed by atoms with Gasteiger partial charge in [-0.15, -0.1) is 0 Å². The lowest BCUT2D eigenvalue weighted by Crippen LogP contribution is -2.08. The van der Waals surface area contributed by atoms with Gasteiger partial charge in [0.2, 0.25) is 0 Å². The largest absolute Gasteiger partial charge is 0.489 e. The van der Waals surface area contributed by atoms with E-state index in [1.165, 1.54) is 6.92 Å². The molecule has 0 amide bonds. The monoisotopic (exact) mass is 232 g/mol. The highest BCUT2D eigenvalue weighted by Crippen LogP contribution is 2.28. The number of rotatable bonds is 6. The molecule has 0 aliphatic heterocycles. The van der Waals surface area contributed by atoms with E-state index in [4.69, 9.17) is 9.47 Å². The highest BCUT2D eigenvalue weighted by molar-refractivity contribution is 5.66. The van der Waals surface area contributed by atoms with Crippen molar-refractivity contribution in [1.82, 2.24) is 0 Å². The fourth-order valence-electron chi connectivity index (χ4n) is 1.41. The van der Waals surface area contributed by atoms with Gasteiger partial charge < -0.3 is 9.47 Å². The summed E-state index contributed by atoms with van der Waals surface area (Å²) in [7, 11) is 0. The summed E-state index contributed by atoms with van der Waals surface area (Å²) in [5.74, 6) is 0.312. The smallest absolute Gasteiger partial charge is 0.303 e. The van der Waals surface area contributed by atoms with Crippen molar-refractivity contribution in [3.63, 3.8) is 0 Å². The van der Waals surface area contributed by atoms with Gasteiger partial charge in [0.15, 0.2) is 0 Å². The van der Waals surface area contributed by atoms with Crippen LogP contribution < -0.4 is 4.74 Å². The second kappa shape index (κ2) is 6.53. The van der Waals surface area contributed by atoms with Crippen LogP contribution in [0.15, 0.2) is 49.6 Å². The van der Waals surface area contributed by atoms with Crippen LogP contribution in [0.3, 0.4) is 0 Å². The minimum Gasteiger partial charge on any atom is -0.489 e. The predicted octanol–water partition coefficient (Wildman–Crippen LogP) is 3.04. The first-order valence-corrected chi connectivity index (χ1v) is 5.31. The van der Waals surface area contributed by atoms with Gasteiger partial charge in [0.05, 0.1) is 0 Å². The van der Waals surface area contributed by atoms with Gasteiger partial charge in [-0.1, -0.05) is 37.4 Å². The molecule has 1 unspecified atom stereocenters. The molecule has 3 nitrogen and oxygen atoms in total. The molecule has 0 aromatic heterocycles. The first kappa shape index (κ1) is 13.0. The molecule has 0 spiro atoms. The zero-order chi connectivity index (χ0) is 12.7. The van der Waals surface area contributed by atoms with E-state index >= 15 is 0 Å². The first-order valence-electron chi connectivity index (χ1n) is 5.31. The molecule has 0 bridgehead atoms. The fourth-order valence-corrected chi connectivity index (χ4v) is 1.41. The van der Waals surface area contributed by atoms with Crippen LogP contribution in [-0.4, -0.2) is 12.6 Å². The Morgan fingerprint density at radius 2 is 2.12 bits per heavy atom. The molecule has 0 fully saturated rings. The van der Waals surface area contributed by atoms with E-state index < -0.39 is 6.10 Å². The van der Waals surface area contributed by atoms with Crippen molar-refractivity contribution in [1.29, 1.82) is 0 Å². The molecule has 3 heteroatoms. The number of benzene rings is 1. The minimum absolute atomic E-state index is 0.353. The van der Waals surface area contributed by atoms with Crippen molar-refractivity contribution in [3.05, 3.63) is 55.1 Å². The molecule has 90 valence electrons. The van der Waals surface area contributed by atoms with E-state index in [0.717, 1.165) is 5.56 Å². The minimum atomic E-state index is -0.492. The third-order valence-corrected chi connectivity index (χ3v) is 2.09. The second-order valence-corrected chi connectivity index (χ2v) is 3.40. The molecule has 0 saturated carbocycles. The normalized spacial score (nSPS) is 11.4. The quantitative estimate of drug-likeness (QED) is 0.558. The van der Waals surface area contributed by atoms with Crippen molar-refractivity contribution in [2.24, 2.45) is 0 Å². The Kier molecular flexibility index (Phi) is 5.01. The maximum Gasteiger partial charge on any atom is 0.303 e. The SMILES string of the molecule is C=CCOc1ccccc1C(C=C)OC(C)=O. The Morgan fingerprint density at radius 1 is 1.41 bits per heavy atom. The predicted molar refractivity (Wildman–Crippen MR) is 66.8 cm³/mol. The highest BCUT2D eigenvalue weighted by Gasteiger charge is 2.15. The summed E-state index contributed by atoms with van der Waals surface area (Å²) in [6.45, 7) is 9.02.